The minimum atomic E-state index is -1.13. The first-order valence-electron chi connectivity index (χ1n) is 11.8. The van der Waals surface area contributed by atoms with Crippen LogP contribution in [0.2, 0.25) is 0 Å². The van der Waals surface area contributed by atoms with Gasteiger partial charge in [0.05, 0.1) is 7.11 Å². The minimum absolute atomic E-state index is 0.107. The molecule has 0 saturated heterocycles. The van der Waals surface area contributed by atoms with Gasteiger partial charge in [0, 0.05) is 15.6 Å². The average Bonchev–Trinajstić information content (AvgIpc) is 2.82. The van der Waals surface area contributed by atoms with E-state index in [9.17, 15) is 19.1 Å². The highest BCUT2D eigenvalue weighted by molar-refractivity contribution is 9.10. The molecule has 0 bridgehead atoms. The fraction of sp³-hybridized carbons (Fsp3) is 0.423. The molecule has 0 radical (unpaired) electrons. The van der Waals surface area contributed by atoms with Crippen LogP contribution < -0.4 is 15.8 Å². The fourth-order valence-corrected chi connectivity index (χ4v) is 4.31. The van der Waals surface area contributed by atoms with Gasteiger partial charge >= 0.3 is 5.97 Å². The van der Waals surface area contributed by atoms with Gasteiger partial charge in [0.15, 0.2) is 12.0 Å². The topological polar surface area (TPSA) is 117 Å². The molecule has 10 heteroatoms. The third kappa shape index (κ3) is 8.91. The molecule has 4 N–H and O–H groups in total. The number of benzene rings is 2. The minimum Gasteiger partial charge on any atom is -0.496 e. The van der Waals surface area contributed by atoms with E-state index in [1.54, 1.807) is 7.11 Å². The lowest BCUT2D eigenvalue weighted by atomic mass is 9.98. The largest absolute Gasteiger partial charge is 0.496 e. The van der Waals surface area contributed by atoms with E-state index < -0.39 is 23.7 Å². The summed E-state index contributed by atoms with van der Waals surface area (Å²) in [7, 11) is 3.53. The molecule has 36 heavy (non-hydrogen) atoms. The number of aliphatic imine (C=N–C) groups is 1. The molecule has 196 valence electrons. The summed E-state index contributed by atoms with van der Waals surface area (Å²) >= 11 is 3.43. The second-order valence-electron chi connectivity index (χ2n) is 8.49. The van der Waals surface area contributed by atoms with Crippen LogP contribution >= 0.6 is 15.9 Å². The van der Waals surface area contributed by atoms with E-state index in [1.807, 2.05) is 25.2 Å². The molecule has 2 aromatic rings. The molecule has 1 unspecified atom stereocenters. The van der Waals surface area contributed by atoms with Crippen molar-refractivity contribution in [3.63, 3.8) is 0 Å². The van der Waals surface area contributed by atoms with E-state index >= 15 is 0 Å². The van der Waals surface area contributed by atoms with Gasteiger partial charge in [-0.3, -0.25) is 10.1 Å². The summed E-state index contributed by atoms with van der Waals surface area (Å²) in [6, 6.07) is 8.68. The van der Waals surface area contributed by atoms with Crippen LogP contribution in [0, 0.1) is 5.82 Å². The van der Waals surface area contributed by atoms with E-state index in [2.05, 4.69) is 38.1 Å². The molecule has 8 nitrogen and oxygen atoms in total. The third-order valence-electron chi connectivity index (χ3n) is 5.69. The molecular formula is C26H34BrFN4O4. The number of guanidine groups is 1. The van der Waals surface area contributed by atoms with E-state index in [4.69, 9.17) is 10.5 Å². The predicted octanol–water partition coefficient (Wildman–Crippen LogP) is 4.00. The van der Waals surface area contributed by atoms with E-state index in [-0.39, 0.29) is 29.9 Å². The molecule has 1 atom stereocenters. The Morgan fingerprint density at radius 3 is 2.67 bits per heavy atom. The fourth-order valence-electron chi connectivity index (χ4n) is 3.90. The number of hydrogen-bond acceptors (Lipinski definition) is 5. The standard InChI is InChI=1S/C26H34BrFN4O4/c1-4-14-32(2)15-6-9-22(25(34)35)30-26(29)31-24(33)20-7-5-8-21(28)19(20)12-10-17-16-18(27)11-13-23(17)36-3/h5,7-8,11,13,16,22H,4,6,9-10,12,14-15H2,1-3H3,(H,34,35)(H3,29,30,31,33). The number of aryl methyl sites for hydroxylation is 1. The second-order valence-corrected chi connectivity index (χ2v) is 9.41. The number of carboxylic acids is 1. The molecule has 2 aromatic carbocycles. The summed E-state index contributed by atoms with van der Waals surface area (Å²) < 4.78 is 21.0. The van der Waals surface area contributed by atoms with E-state index in [1.165, 1.54) is 18.2 Å². The van der Waals surface area contributed by atoms with Crippen LogP contribution in [0.3, 0.4) is 0 Å². The summed E-state index contributed by atoms with van der Waals surface area (Å²) in [5.74, 6) is -1.96. The number of halogens is 2. The number of rotatable bonds is 13. The summed E-state index contributed by atoms with van der Waals surface area (Å²) in [5.41, 5.74) is 7.05. The first-order valence-corrected chi connectivity index (χ1v) is 12.6. The maximum absolute atomic E-state index is 14.7. The molecule has 0 fully saturated rings. The van der Waals surface area contributed by atoms with Crippen molar-refractivity contribution in [1.82, 2.24) is 10.2 Å². The smallest absolute Gasteiger partial charge is 0.328 e. The lowest BCUT2D eigenvalue weighted by Gasteiger charge is -2.16. The van der Waals surface area contributed by atoms with Gasteiger partial charge in [0.25, 0.3) is 5.91 Å². The Labute approximate surface area is 219 Å². The van der Waals surface area contributed by atoms with Crippen LogP contribution in [0.5, 0.6) is 5.75 Å². The van der Waals surface area contributed by atoms with Crippen molar-refractivity contribution >= 4 is 33.8 Å². The predicted molar refractivity (Wildman–Crippen MR) is 142 cm³/mol. The zero-order valence-corrected chi connectivity index (χ0v) is 22.5. The van der Waals surface area contributed by atoms with Crippen LogP contribution in [0.4, 0.5) is 4.39 Å². The molecule has 0 aliphatic carbocycles. The summed E-state index contributed by atoms with van der Waals surface area (Å²) in [6.07, 6.45) is 2.57. The maximum atomic E-state index is 14.7. The molecule has 0 aromatic heterocycles. The zero-order chi connectivity index (χ0) is 26.7. The molecule has 0 aliphatic rings. The number of nitrogens with zero attached hydrogens (tertiary/aromatic N) is 2. The van der Waals surface area contributed by atoms with Crippen molar-refractivity contribution in [1.29, 1.82) is 0 Å². The van der Waals surface area contributed by atoms with Crippen LogP contribution in [-0.4, -0.2) is 61.1 Å². The Balaban J connectivity index is 2.12. The number of nitrogens with one attached hydrogen (secondary N) is 1. The average molecular weight is 565 g/mol. The number of carbonyl (C=O) groups excluding carboxylic acids is 1. The van der Waals surface area contributed by atoms with Crippen molar-refractivity contribution in [2.45, 2.75) is 45.1 Å². The van der Waals surface area contributed by atoms with Gasteiger partial charge in [0.1, 0.15) is 11.6 Å². The quantitative estimate of drug-likeness (QED) is 0.250. The highest BCUT2D eigenvalue weighted by Crippen LogP contribution is 2.25. The SMILES string of the molecule is CCCN(C)CCCC(N=C(N)NC(=O)c1cccc(F)c1CCc1cc(Br)ccc1OC)C(=O)O. The molecule has 0 saturated carbocycles. The van der Waals surface area contributed by atoms with Crippen molar-refractivity contribution in [3.05, 3.63) is 63.4 Å². The summed E-state index contributed by atoms with van der Waals surface area (Å²) in [4.78, 5) is 30.7. The Bertz CT molecular complexity index is 1080. The van der Waals surface area contributed by atoms with Gasteiger partial charge < -0.3 is 20.5 Å². The first kappa shape index (κ1) is 29.3. The number of aliphatic carboxylic acids is 1. The van der Waals surface area contributed by atoms with Gasteiger partial charge in [-0.1, -0.05) is 28.9 Å². The highest BCUT2D eigenvalue weighted by Gasteiger charge is 2.20. The Morgan fingerprint density at radius 1 is 1.25 bits per heavy atom. The van der Waals surface area contributed by atoms with E-state index in [0.29, 0.717) is 18.6 Å². The molecule has 1 amide bonds. The number of hydrogen-bond donors (Lipinski definition) is 3. The van der Waals surface area contributed by atoms with Crippen LogP contribution in [-0.2, 0) is 17.6 Å². The van der Waals surface area contributed by atoms with Crippen LogP contribution in [0.25, 0.3) is 0 Å². The molecule has 0 spiro atoms. The van der Waals surface area contributed by atoms with Gasteiger partial charge in [-0.25, -0.2) is 14.2 Å². The van der Waals surface area contributed by atoms with Crippen molar-refractivity contribution in [3.8, 4) is 5.75 Å². The summed E-state index contributed by atoms with van der Waals surface area (Å²) in [6.45, 7) is 3.73. The van der Waals surface area contributed by atoms with Crippen LogP contribution in [0.1, 0.15) is 47.7 Å². The van der Waals surface area contributed by atoms with Crippen molar-refractivity contribution in [2.75, 3.05) is 27.2 Å². The number of amides is 1. The third-order valence-corrected chi connectivity index (χ3v) is 6.19. The van der Waals surface area contributed by atoms with Gasteiger partial charge in [-0.05, 0) is 88.1 Å². The van der Waals surface area contributed by atoms with Gasteiger partial charge in [-0.15, -0.1) is 0 Å². The Morgan fingerprint density at radius 2 is 2.00 bits per heavy atom. The number of carbonyl (C=O) groups is 2. The van der Waals surface area contributed by atoms with Gasteiger partial charge in [-0.2, -0.15) is 0 Å². The first-order chi connectivity index (χ1) is 17.2. The lowest BCUT2D eigenvalue weighted by Crippen LogP contribution is -2.39. The Kier molecular flexibility index (Phi) is 11.8. The normalized spacial score (nSPS) is 12.4. The Hall–Kier alpha value is -2.98. The number of nitrogens with two attached hydrogens (primary N) is 1. The molecule has 0 aliphatic heterocycles. The van der Waals surface area contributed by atoms with Crippen LogP contribution in [0.15, 0.2) is 45.9 Å². The number of ether oxygens (including phenoxy) is 1. The lowest BCUT2D eigenvalue weighted by molar-refractivity contribution is -0.138. The molecular weight excluding hydrogens is 531 g/mol. The monoisotopic (exact) mass is 564 g/mol. The highest BCUT2D eigenvalue weighted by atomic mass is 79.9. The maximum Gasteiger partial charge on any atom is 0.328 e. The van der Waals surface area contributed by atoms with E-state index in [0.717, 1.165) is 29.5 Å². The van der Waals surface area contributed by atoms with Crippen molar-refractivity contribution < 1.29 is 23.8 Å². The van der Waals surface area contributed by atoms with Crippen molar-refractivity contribution in [2.24, 2.45) is 10.7 Å². The second kappa shape index (κ2) is 14.5. The number of methoxy groups -OCH3 is 1. The zero-order valence-electron chi connectivity index (χ0n) is 20.9. The molecule has 2 rings (SSSR count). The molecule has 0 heterocycles. The van der Waals surface area contributed by atoms with Gasteiger partial charge in [0.2, 0.25) is 0 Å². The summed E-state index contributed by atoms with van der Waals surface area (Å²) in [5, 5.41) is 11.9. The number of carboxylic acid groups (broad SMARTS) is 1.